The van der Waals surface area contributed by atoms with E-state index in [9.17, 15) is 4.79 Å². The number of benzene rings is 2. The monoisotopic (exact) mass is 386 g/mol. The van der Waals surface area contributed by atoms with Gasteiger partial charge >= 0.3 is 6.01 Å². The molecule has 1 fully saturated rings. The van der Waals surface area contributed by atoms with Crippen LogP contribution in [0.1, 0.15) is 48.8 Å². The average Bonchev–Trinajstić information content (AvgIpc) is 3.17. The van der Waals surface area contributed by atoms with E-state index in [1.807, 2.05) is 54.6 Å². The molecular weight excluding hydrogens is 364 g/mol. The fourth-order valence-corrected chi connectivity index (χ4v) is 3.84. The molecular formula is C23H22N4O2. The predicted octanol–water partition coefficient (Wildman–Crippen LogP) is 3.98. The molecule has 2 aromatic carbocycles. The fourth-order valence-electron chi connectivity index (χ4n) is 3.84. The van der Waals surface area contributed by atoms with Crippen molar-refractivity contribution in [3.8, 4) is 0 Å². The molecule has 0 saturated heterocycles. The molecule has 2 aliphatic rings. The molecule has 0 radical (unpaired) electrons. The third-order valence-corrected chi connectivity index (χ3v) is 5.76. The summed E-state index contributed by atoms with van der Waals surface area (Å²) in [5.41, 5.74) is 3.89. The van der Waals surface area contributed by atoms with Gasteiger partial charge in [0.2, 0.25) is 5.89 Å². The van der Waals surface area contributed by atoms with Crippen LogP contribution in [0.4, 0.5) is 6.01 Å². The van der Waals surface area contributed by atoms with Gasteiger partial charge in [-0.25, -0.2) is 0 Å². The van der Waals surface area contributed by atoms with Crippen molar-refractivity contribution in [2.75, 3.05) is 5.32 Å². The highest BCUT2D eigenvalue weighted by molar-refractivity contribution is 6.16. The van der Waals surface area contributed by atoms with Crippen LogP contribution in [0.3, 0.4) is 0 Å². The summed E-state index contributed by atoms with van der Waals surface area (Å²) in [7, 11) is 0. The number of aliphatic imine (C=N–C) groups is 1. The molecule has 0 bridgehead atoms. The summed E-state index contributed by atoms with van der Waals surface area (Å²) in [5, 5.41) is 11.3. The molecule has 0 amide bonds. The van der Waals surface area contributed by atoms with Gasteiger partial charge in [-0.1, -0.05) is 73.5 Å². The number of rotatable bonds is 4. The molecule has 2 heterocycles. The molecule has 1 N–H and O–H groups in total. The minimum Gasteiger partial charge on any atom is -0.408 e. The van der Waals surface area contributed by atoms with Gasteiger partial charge in [0.25, 0.3) is 0 Å². The van der Waals surface area contributed by atoms with E-state index in [2.05, 4.69) is 29.4 Å². The first-order valence-electron chi connectivity index (χ1n) is 9.85. The summed E-state index contributed by atoms with van der Waals surface area (Å²) in [6.45, 7) is 4.36. The zero-order chi connectivity index (χ0) is 20.0. The predicted molar refractivity (Wildman–Crippen MR) is 110 cm³/mol. The van der Waals surface area contributed by atoms with Gasteiger partial charge in [0.15, 0.2) is 11.9 Å². The maximum absolute atomic E-state index is 13.0. The number of carbonyl (C=O) groups excluding carboxylic acids is 1. The Morgan fingerprint density at radius 1 is 1.03 bits per heavy atom. The lowest BCUT2D eigenvalue weighted by Crippen LogP contribution is -2.29. The van der Waals surface area contributed by atoms with Crippen molar-refractivity contribution in [2.45, 2.75) is 38.8 Å². The van der Waals surface area contributed by atoms with Crippen LogP contribution in [0.15, 0.2) is 64.0 Å². The van der Waals surface area contributed by atoms with Crippen molar-refractivity contribution in [1.29, 1.82) is 0 Å². The second-order valence-corrected chi connectivity index (χ2v) is 8.38. The highest BCUT2D eigenvalue weighted by atomic mass is 16.4. The van der Waals surface area contributed by atoms with Crippen molar-refractivity contribution in [3.05, 3.63) is 77.2 Å². The first-order valence-corrected chi connectivity index (χ1v) is 9.85. The van der Waals surface area contributed by atoms with Crippen LogP contribution in [0.2, 0.25) is 0 Å². The molecule has 0 spiro atoms. The number of hydrogen-bond acceptors (Lipinski definition) is 6. The van der Waals surface area contributed by atoms with E-state index in [4.69, 9.17) is 9.41 Å². The van der Waals surface area contributed by atoms with E-state index in [1.165, 1.54) is 0 Å². The minimum absolute atomic E-state index is 0.0325. The highest BCUT2D eigenvalue weighted by Crippen LogP contribution is 2.58. The summed E-state index contributed by atoms with van der Waals surface area (Å²) in [6.07, 6.45) is 0.547. The van der Waals surface area contributed by atoms with Gasteiger partial charge in [0, 0.05) is 23.5 Å². The van der Waals surface area contributed by atoms with Crippen LogP contribution in [0.25, 0.3) is 0 Å². The Kier molecular flexibility index (Phi) is 4.08. The van der Waals surface area contributed by atoms with E-state index >= 15 is 0 Å². The van der Waals surface area contributed by atoms with Crippen molar-refractivity contribution < 1.29 is 9.21 Å². The van der Waals surface area contributed by atoms with E-state index in [-0.39, 0.29) is 23.1 Å². The Balaban J connectivity index is 1.49. The van der Waals surface area contributed by atoms with Crippen LogP contribution < -0.4 is 5.32 Å². The number of ketones is 1. The fraction of sp³-hybridized carbons (Fsp3) is 0.304. The first kappa shape index (κ1) is 17.8. The van der Waals surface area contributed by atoms with E-state index in [0.29, 0.717) is 12.3 Å². The normalized spacial score (nSPS) is 22.4. The number of nitrogens with zero attached hydrogens (tertiary/aromatic N) is 3. The van der Waals surface area contributed by atoms with Crippen molar-refractivity contribution in [3.63, 3.8) is 0 Å². The highest BCUT2D eigenvalue weighted by Gasteiger charge is 2.50. The molecule has 3 aromatic rings. The van der Waals surface area contributed by atoms with Crippen molar-refractivity contribution >= 4 is 17.5 Å². The van der Waals surface area contributed by atoms with Crippen molar-refractivity contribution in [1.82, 2.24) is 10.2 Å². The number of nitrogens with one attached hydrogen (secondary N) is 1. The zero-order valence-corrected chi connectivity index (χ0v) is 16.4. The average molecular weight is 386 g/mol. The molecule has 146 valence electrons. The van der Waals surface area contributed by atoms with Crippen molar-refractivity contribution in [2.24, 2.45) is 10.4 Å². The van der Waals surface area contributed by atoms with Gasteiger partial charge in [-0.15, -0.1) is 5.10 Å². The number of Topliss-reactive ketones (excluding diaryl/α,β-unsaturated/α-hetero) is 1. The Morgan fingerprint density at radius 2 is 1.76 bits per heavy atom. The molecule has 29 heavy (non-hydrogen) atoms. The maximum Gasteiger partial charge on any atom is 0.317 e. The van der Waals surface area contributed by atoms with Gasteiger partial charge in [0.05, 0.1) is 5.71 Å². The SMILES string of the molecule is CC1(C)C[C@@H]1c1nnc(NC2N=C(c3ccccc3)c3ccccc3CC2=O)o1. The van der Waals surface area contributed by atoms with Gasteiger partial charge in [-0.05, 0) is 17.4 Å². The lowest BCUT2D eigenvalue weighted by molar-refractivity contribution is -0.119. The summed E-state index contributed by atoms with van der Waals surface area (Å²) >= 11 is 0. The first-order chi connectivity index (χ1) is 14.0. The van der Waals surface area contributed by atoms with E-state index in [1.54, 1.807) is 0 Å². The second kappa shape index (κ2) is 6.65. The Hall–Kier alpha value is -3.28. The maximum atomic E-state index is 13.0. The number of aromatic nitrogens is 2. The number of hydrogen-bond donors (Lipinski definition) is 1. The number of fused-ring (bicyclic) bond motifs is 1. The lowest BCUT2D eigenvalue weighted by Gasteiger charge is -2.11. The summed E-state index contributed by atoms with van der Waals surface area (Å²) in [4.78, 5) is 17.7. The standard InChI is InChI=1S/C23H22N4O2/c1-23(2)13-17(23)21-26-27-22(29-21)25-20-18(28)12-15-10-6-7-11-16(15)19(24-20)14-8-4-3-5-9-14/h3-11,17,20H,12-13H2,1-2H3,(H,25,27)/t17-,20?/m1/s1. The quantitative estimate of drug-likeness (QED) is 0.733. The third kappa shape index (κ3) is 3.35. The lowest BCUT2D eigenvalue weighted by atomic mass is 9.96. The Labute approximate surface area is 169 Å². The molecule has 5 rings (SSSR count). The van der Waals surface area contributed by atoms with Crippen LogP contribution in [0, 0.1) is 5.41 Å². The molecule has 1 unspecified atom stereocenters. The molecule has 2 atom stereocenters. The molecule has 1 aliphatic heterocycles. The van der Waals surface area contributed by atoms with Crippen LogP contribution in [-0.4, -0.2) is 27.9 Å². The minimum atomic E-state index is -0.780. The third-order valence-electron chi connectivity index (χ3n) is 5.76. The smallest absolute Gasteiger partial charge is 0.317 e. The Bertz CT molecular complexity index is 1100. The Morgan fingerprint density at radius 3 is 2.52 bits per heavy atom. The topological polar surface area (TPSA) is 80.4 Å². The van der Waals surface area contributed by atoms with Crippen LogP contribution in [-0.2, 0) is 11.2 Å². The zero-order valence-electron chi connectivity index (χ0n) is 16.4. The van der Waals surface area contributed by atoms with Gasteiger partial charge in [-0.3, -0.25) is 9.79 Å². The van der Waals surface area contributed by atoms with Gasteiger partial charge in [-0.2, -0.15) is 0 Å². The molecule has 6 heteroatoms. The second-order valence-electron chi connectivity index (χ2n) is 8.38. The molecule has 1 aromatic heterocycles. The van der Waals surface area contributed by atoms with Gasteiger partial charge < -0.3 is 9.73 Å². The largest absolute Gasteiger partial charge is 0.408 e. The van der Waals surface area contributed by atoms with E-state index < -0.39 is 6.17 Å². The summed E-state index contributed by atoms with van der Waals surface area (Å²) in [6, 6.07) is 18.1. The molecule has 6 nitrogen and oxygen atoms in total. The number of anilines is 1. The molecule has 1 saturated carbocycles. The summed E-state index contributed by atoms with van der Waals surface area (Å²) < 4.78 is 5.80. The molecule has 1 aliphatic carbocycles. The summed E-state index contributed by atoms with van der Waals surface area (Å²) in [5.74, 6) is 0.868. The van der Waals surface area contributed by atoms with Crippen LogP contribution >= 0.6 is 0 Å². The number of carbonyl (C=O) groups is 1. The van der Waals surface area contributed by atoms with Crippen LogP contribution in [0.5, 0.6) is 0 Å². The van der Waals surface area contributed by atoms with E-state index in [0.717, 1.165) is 28.8 Å². The van der Waals surface area contributed by atoms with Gasteiger partial charge in [0.1, 0.15) is 0 Å².